The van der Waals surface area contributed by atoms with Crippen molar-refractivity contribution in [3.8, 4) is 17.1 Å². The number of aromatic nitrogens is 2. The van der Waals surface area contributed by atoms with Gasteiger partial charge in [-0.15, -0.1) is 0 Å². The van der Waals surface area contributed by atoms with Crippen LogP contribution < -0.4 is 10.3 Å². The van der Waals surface area contributed by atoms with E-state index in [1.807, 2.05) is 48.5 Å². The van der Waals surface area contributed by atoms with E-state index in [1.54, 1.807) is 12.0 Å². The van der Waals surface area contributed by atoms with Crippen molar-refractivity contribution in [2.24, 2.45) is 0 Å². The van der Waals surface area contributed by atoms with Crippen molar-refractivity contribution in [2.45, 2.75) is 39.2 Å². The Morgan fingerprint density at radius 1 is 1.13 bits per heavy atom. The van der Waals surface area contributed by atoms with Crippen LogP contribution in [0.1, 0.15) is 46.9 Å². The molecular weight excluding hydrogens is 390 g/mol. The number of carbonyl (C=O) groups excluding carboxylic acids is 1. The number of nitrogens with one attached hydrogen (secondary N) is 1. The van der Waals surface area contributed by atoms with Crippen LogP contribution in [0.3, 0.4) is 0 Å². The molecule has 1 N–H and O–H groups in total. The minimum Gasteiger partial charge on any atom is -0.497 e. The second kappa shape index (κ2) is 9.16. The van der Waals surface area contributed by atoms with Gasteiger partial charge < -0.3 is 14.6 Å². The number of amides is 1. The quantitative estimate of drug-likeness (QED) is 0.658. The molecule has 0 fully saturated rings. The molecule has 1 aromatic heterocycles. The van der Waals surface area contributed by atoms with Crippen LogP contribution in [0.15, 0.2) is 53.3 Å². The second-order valence-electron chi connectivity index (χ2n) is 7.85. The molecule has 0 spiro atoms. The van der Waals surface area contributed by atoms with E-state index in [4.69, 9.17) is 4.74 Å². The minimum atomic E-state index is -0.191. The first-order valence-corrected chi connectivity index (χ1v) is 10.7. The summed E-state index contributed by atoms with van der Waals surface area (Å²) >= 11 is 0. The lowest BCUT2D eigenvalue weighted by molar-refractivity contribution is 0.0732. The van der Waals surface area contributed by atoms with E-state index in [-0.39, 0.29) is 18.0 Å². The fourth-order valence-corrected chi connectivity index (χ4v) is 3.86. The number of fused-ring (bicyclic) bond motifs is 1. The molecule has 0 saturated heterocycles. The zero-order valence-electron chi connectivity index (χ0n) is 18.0. The van der Waals surface area contributed by atoms with Crippen molar-refractivity contribution in [3.63, 3.8) is 0 Å². The van der Waals surface area contributed by atoms with Gasteiger partial charge in [0.15, 0.2) is 0 Å². The highest BCUT2D eigenvalue weighted by atomic mass is 16.5. The van der Waals surface area contributed by atoms with Crippen LogP contribution in [0.4, 0.5) is 0 Å². The fourth-order valence-electron chi connectivity index (χ4n) is 3.86. The number of carbonyl (C=O) groups is 1. The lowest BCUT2D eigenvalue weighted by Crippen LogP contribution is -2.39. The minimum absolute atomic E-state index is 0.0497. The van der Waals surface area contributed by atoms with E-state index >= 15 is 0 Å². The molecule has 2 heterocycles. The standard InChI is InChI=1S/C25H27N3O3/c1-3-4-5-17-6-8-19(9-7-17)25(30)28-15-14-22-21(16-28)24(29)27-23(26-22)18-10-12-20(31-2)13-11-18/h6-13H,3-5,14-16H2,1-2H3,(H,26,27,29). The van der Waals surface area contributed by atoms with Gasteiger partial charge in [0.05, 0.1) is 24.9 Å². The largest absolute Gasteiger partial charge is 0.497 e. The molecule has 0 atom stereocenters. The summed E-state index contributed by atoms with van der Waals surface area (Å²) in [6, 6.07) is 15.2. The Hall–Kier alpha value is -3.41. The number of rotatable bonds is 6. The van der Waals surface area contributed by atoms with Gasteiger partial charge in [0.2, 0.25) is 0 Å². The summed E-state index contributed by atoms with van der Waals surface area (Å²) in [7, 11) is 1.61. The Morgan fingerprint density at radius 3 is 2.55 bits per heavy atom. The molecular formula is C25H27N3O3. The molecule has 6 heteroatoms. The highest BCUT2D eigenvalue weighted by molar-refractivity contribution is 5.94. The summed E-state index contributed by atoms with van der Waals surface area (Å²) in [6.45, 7) is 2.99. The second-order valence-corrected chi connectivity index (χ2v) is 7.85. The summed E-state index contributed by atoms with van der Waals surface area (Å²) in [5.41, 5.74) is 3.85. The highest BCUT2D eigenvalue weighted by Gasteiger charge is 2.25. The van der Waals surface area contributed by atoms with E-state index in [1.165, 1.54) is 5.56 Å². The van der Waals surface area contributed by atoms with Crippen molar-refractivity contribution in [1.82, 2.24) is 14.9 Å². The lowest BCUT2D eigenvalue weighted by Gasteiger charge is -2.28. The number of H-pyrrole nitrogens is 1. The Morgan fingerprint density at radius 2 is 1.87 bits per heavy atom. The Labute approximate surface area is 181 Å². The normalized spacial score (nSPS) is 13.0. The molecule has 1 amide bonds. The molecule has 1 aliphatic heterocycles. The first-order chi connectivity index (χ1) is 15.1. The molecule has 2 aromatic carbocycles. The Bertz CT molecular complexity index is 1120. The van der Waals surface area contributed by atoms with Crippen LogP contribution >= 0.6 is 0 Å². The van der Waals surface area contributed by atoms with Gasteiger partial charge in [-0.05, 0) is 54.8 Å². The van der Waals surface area contributed by atoms with E-state index in [9.17, 15) is 9.59 Å². The molecule has 0 bridgehead atoms. The number of aromatic amines is 1. The lowest BCUT2D eigenvalue weighted by atomic mass is 10.0. The number of benzene rings is 2. The summed E-state index contributed by atoms with van der Waals surface area (Å²) < 4.78 is 5.18. The molecule has 3 aromatic rings. The molecule has 31 heavy (non-hydrogen) atoms. The van der Waals surface area contributed by atoms with Gasteiger partial charge in [-0.3, -0.25) is 9.59 Å². The smallest absolute Gasteiger partial charge is 0.256 e. The van der Waals surface area contributed by atoms with Gasteiger partial charge in [-0.1, -0.05) is 25.5 Å². The van der Waals surface area contributed by atoms with Gasteiger partial charge in [0.1, 0.15) is 11.6 Å². The van der Waals surface area contributed by atoms with Crippen molar-refractivity contribution in [1.29, 1.82) is 0 Å². The predicted molar refractivity (Wildman–Crippen MR) is 120 cm³/mol. The summed E-state index contributed by atoms with van der Waals surface area (Å²) in [4.78, 5) is 35.0. The molecule has 0 saturated carbocycles. The number of nitrogens with zero attached hydrogens (tertiary/aromatic N) is 2. The molecule has 0 aliphatic carbocycles. The number of hydrogen-bond donors (Lipinski definition) is 1. The van der Waals surface area contributed by atoms with E-state index < -0.39 is 0 Å². The number of methoxy groups -OCH3 is 1. The van der Waals surface area contributed by atoms with Gasteiger partial charge in [0, 0.05) is 24.1 Å². The summed E-state index contributed by atoms with van der Waals surface area (Å²) in [5.74, 6) is 1.23. The van der Waals surface area contributed by atoms with Crippen LogP contribution in [0.5, 0.6) is 5.75 Å². The summed E-state index contributed by atoms with van der Waals surface area (Å²) in [6.07, 6.45) is 3.88. The zero-order valence-corrected chi connectivity index (χ0v) is 18.0. The SMILES string of the molecule is CCCCc1ccc(C(=O)N2CCc3nc(-c4ccc(OC)cc4)[nH]c(=O)c3C2)cc1. The third-order valence-corrected chi connectivity index (χ3v) is 5.74. The van der Waals surface area contributed by atoms with Gasteiger partial charge in [-0.2, -0.15) is 0 Å². The number of unbranched alkanes of at least 4 members (excludes halogenated alkanes) is 1. The van der Waals surface area contributed by atoms with Crippen LogP contribution in [-0.4, -0.2) is 34.4 Å². The Kier molecular flexibility index (Phi) is 6.16. The first kappa shape index (κ1) is 20.8. The van der Waals surface area contributed by atoms with Crippen molar-refractivity contribution in [3.05, 3.63) is 81.3 Å². The predicted octanol–water partition coefficient (Wildman–Crippen LogP) is 3.99. The average molecular weight is 418 g/mol. The number of ether oxygens (including phenoxy) is 1. The molecule has 0 radical (unpaired) electrons. The third-order valence-electron chi connectivity index (χ3n) is 5.74. The molecule has 6 nitrogen and oxygen atoms in total. The first-order valence-electron chi connectivity index (χ1n) is 10.7. The van der Waals surface area contributed by atoms with Crippen molar-refractivity contribution >= 4 is 5.91 Å². The average Bonchev–Trinajstić information content (AvgIpc) is 2.82. The van der Waals surface area contributed by atoms with E-state index in [0.717, 1.165) is 36.3 Å². The van der Waals surface area contributed by atoms with E-state index in [2.05, 4.69) is 16.9 Å². The number of hydrogen-bond acceptors (Lipinski definition) is 4. The van der Waals surface area contributed by atoms with Crippen molar-refractivity contribution in [2.75, 3.05) is 13.7 Å². The van der Waals surface area contributed by atoms with Crippen LogP contribution in [-0.2, 0) is 19.4 Å². The molecule has 160 valence electrons. The fraction of sp³-hybridized carbons (Fsp3) is 0.320. The topological polar surface area (TPSA) is 75.3 Å². The maximum atomic E-state index is 13.0. The summed E-state index contributed by atoms with van der Waals surface area (Å²) in [5, 5.41) is 0. The highest BCUT2D eigenvalue weighted by Crippen LogP contribution is 2.22. The zero-order chi connectivity index (χ0) is 21.8. The van der Waals surface area contributed by atoms with Gasteiger partial charge in [-0.25, -0.2) is 4.98 Å². The maximum absolute atomic E-state index is 13.0. The Balaban J connectivity index is 1.51. The molecule has 0 unspecified atom stereocenters. The number of aryl methyl sites for hydroxylation is 1. The van der Waals surface area contributed by atoms with Gasteiger partial charge in [0.25, 0.3) is 11.5 Å². The molecule has 1 aliphatic rings. The maximum Gasteiger partial charge on any atom is 0.256 e. The van der Waals surface area contributed by atoms with Crippen LogP contribution in [0, 0.1) is 0 Å². The van der Waals surface area contributed by atoms with E-state index in [0.29, 0.717) is 29.9 Å². The van der Waals surface area contributed by atoms with Crippen molar-refractivity contribution < 1.29 is 9.53 Å². The third kappa shape index (κ3) is 4.53. The monoisotopic (exact) mass is 417 g/mol. The van der Waals surface area contributed by atoms with Gasteiger partial charge >= 0.3 is 0 Å². The van der Waals surface area contributed by atoms with Crippen LogP contribution in [0.2, 0.25) is 0 Å². The van der Waals surface area contributed by atoms with Crippen LogP contribution in [0.25, 0.3) is 11.4 Å². The molecule has 4 rings (SSSR count).